The fraction of sp³-hybridized carbons (Fsp3) is 0.333. The largest absolute Gasteiger partial charge is 0.324 e. The Morgan fingerprint density at radius 2 is 1.89 bits per heavy atom. The van der Waals surface area contributed by atoms with Gasteiger partial charge < -0.3 is 10.9 Å². The highest BCUT2D eigenvalue weighted by atomic mass is 16.4. The minimum Gasteiger partial charge on any atom is -0.324 e. The quantitative estimate of drug-likeness (QED) is 0.382. The molecule has 0 fully saturated rings. The molecule has 54 valence electrons. The highest BCUT2D eigenvalue weighted by Crippen LogP contribution is 1.86. The van der Waals surface area contributed by atoms with Gasteiger partial charge in [0.25, 0.3) is 0 Å². The highest BCUT2D eigenvalue weighted by molar-refractivity contribution is 4.87. The Morgan fingerprint density at radius 1 is 1.44 bits per heavy atom. The van der Waals surface area contributed by atoms with E-state index < -0.39 is 0 Å². The van der Waals surface area contributed by atoms with Crippen LogP contribution in [0.15, 0.2) is 25.3 Å². The summed E-state index contributed by atoms with van der Waals surface area (Å²) in [6.45, 7) is 7.03. The van der Waals surface area contributed by atoms with Crippen molar-refractivity contribution in [2.45, 2.75) is 12.5 Å². The Labute approximate surface area is 55.6 Å². The van der Waals surface area contributed by atoms with Gasteiger partial charge in [-0.05, 0) is 6.42 Å². The molecule has 0 aromatic rings. The molecule has 9 heavy (non-hydrogen) atoms. The van der Waals surface area contributed by atoms with Crippen molar-refractivity contribution in [3.63, 3.8) is 0 Å². The summed E-state index contributed by atoms with van der Waals surface area (Å²) in [6.07, 6.45) is 4.32. The average Bonchev–Trinajstić information content (AvgIpc) is 1.93. The molecule has 0 amide bonds. The van der Waals surface area contributed by atoms with Crippen molar-refractivity contribution >= 4 is 0 Å². The number of nitrogens with two attached hydrogens (primary N) is 2. The second-order valence-electron chi connectivity index (χ2n) is 1.42. The van der Waals surface area contributed by atoms with Crippen molar-refractivity contribution in [2.75, 3.05) is 0 Å². The lowest BCUT2D eigenvalue weighted by Gasteiger charge is -1.96. The molecule has 0 rings (SSSR count). The molecule has 0 saturated heterocycles. The number of hydrogen-bond acceptors (Lipinski definition) is 3. The summed E-state index contributed by atoms with van der Waals surface area (Å²) < 4.78 is 0. The molecule has 5 N–H and O–H groups in total. The molecule has 0 radical (unpaired) electrons. The van der Waals surface area contributed by atoms with Gasteiger partial charge in [-0.15, -0.1) is 13.2 Å². The van der Waals surface area contributed by atoms with Crippen molar-refractivity contribution in [3.05, 3.63) is 25.3 Å². The predicted molar refractivity (Wildman–Crippen MR) is 39.0 cm³/mol. The van der Waals surface area contributed by atoms with E-state index in [1.807, 2.05) is 0 Å². The molecule has 0 aromatic heterocycles. The lowest BCUT2D eigenvalue weighted by Crippen LogP contribution is -2.14. The first kappa shape index (κ1) is 11.2. The van der Waals surface area contributed by atoms with E-state index in [-0.39, 0.29) is 6.04 Å². The third-order valence-electron chi connectivity index (χ3n) is 0.742. The van der Waals surface area contributed by atoms with E-state index in [1.165, 1.54) is 0 Å². The summed E-state index contributed by atoms with van der Waals surface area (Å²) in [5.41, 5.74) is 5.39. The van der Waals surface area contributed by atoms with Crippen molar-refractivity contribution in [3.8, 4) is 0 Å². The second kappa shape index (κ2) is 10.4. The van der Waals surface area contributed by atoms with Gasteiger partial charge in [-0.3, -0.25) is 0 Å². The van der Waals surface area contributed by atoms with Crippen LogP contribution in [0.5, 0.6) is 0 Å². The van der Waals surface area contributed by atoms with Crippen LogP contribution in [0.2, 0.25) is 0 Å². The fourth-order valence-electron chi connectivity index (χ4n) is 0.289. The first-order valence-corrected chi connectivity index (χ1v) is 2.56. The molecule has 3 nitrogen and oxygen atoms in total. The van der Waals surface area contributed by atoms with Gasteiger partial charge in [0.2, 0.25) is 0 Å². The molecular weight excluding hydrogens is 116 g/mol. The lowest BCUT2D eigenvalue weighted by molar-refractivity contribution is 0.311. The van der Waals surface area contributed by atoms with Crippen LogP contribution < -0.4 is 11.6 Å². The molecule has 0 aliphatic rings. The number of hydrogen-bond donors (Lipinski definition) is 3. The van der Waals surface area contributed by atoms with Crippen molar-refractivity contribution < 1.29 is 5.21 Å². The SMILES string of the molecule is C=CCC(N)C=C.NO. The van der Waals surface area contributed by atoms with Gasteiger partial charge in [-0.2, -0.15) is 0 Å². The Balaban J connectivity index is 0. The van der Waals surface area contributed by atoms with Crippen molar-refractivity contribution in [1.29, 1.82) is 0 Å². The van der Waals surface area contributed by atoms with E-state index in [9.17, 15) is 0 Å². The molecule has 0 heterocycles. The van der Waals surface area contributed by atoms with E-state index in [1.54, 1.807) is 12.2 Å². The zero-order chi connectivity index (χ0) is 7.70. The lowest BCUT2D eigenvalue weighted by atomic mass is 10.2. The van der Waals surface area contributed by atoms with E-state index in [4.69, 9.17) is 10.9 Å². The van der Waals surface area contributed by atoms with Crippen LogP contribution in [0.4, 0.5) is 0 Å². The van der Waals surface area contributed by atoms with Crippen molar-refractivity contribution in [1.82, 2.24) is 0 Å². The van der Waals surface area contributed by atoms with E-state index in [0.717, 1.165) is 6.42 Å². The van der Waals surface area contributed by atoms with E-state index in [2.05, 4.69) is 19.1 Å². The third kappa shape index (κ3) is 11.1. The molecule has 0 spiro atoms. The topological polar surface area (TPSA) is 72.3 Å². The fourth-order valence-corrected chi connectivity index (χ4v) is 0.289. The van der Waals surface area contributed by atoms with E-state index >= 15 is 0 Å². The zero-order valence-electron chi connectivity index (χ0n) is 5.46. The van der Waals surface area contributed by atoms with Crippen LogP contribution in [0.1, 0.15) is 6.42 Å². The first-order valence-electron chi connectivity index (χ1n) is 2.56. The second-order valence-corrected chi connectivity index (χ2v) is 1.42. The Kier molecular flexibility index (Phi) is 12.9. The first-order chi connectivity index (χ1) is 4.31. The minimum atomic E-state index is 0.0949. The molecule has 0 aliphatic carbocycles. The van der Waals surface area contributed by atoms with E-state index in [0.29, 0.717) is 0 Å². The maximum Gasteiger partial charge on any atom is 0.0256 e. The zero-order valence-corrected chi connectivity index (χ0v) is 5.46. The average molecular weight is 130 g/mol. The van der Waals surface area contributed by atoms with Gasteiger partial charge in [-0.1, -0.05) is 12.2 Å². The molecule has 0 saturated carbocycles. The Bertz CT molecular complexity index is 73.5. The van der Waals surface area contributed by atoms with Crippen LogP contribution >= 0.6 is 0 Å². The highest BCUT2D eigenvalue weighted by Gasteiger charge is 1.86. The van der Waals surface area contributed by atoms with Crippen LogP contribution in [0, 0.1) is 0 Å². The summed E-state index contributed by atoms with van der Waals surface area (Å²) in [7, 11) is 0. The summed E-state index contributed by atoms with van der Waals surface area (Å²) in [5, 5.41) is 6.50. The van der Waals surface area contributed by atoms with Crippen molar-refractivity contribution in [2.24, 2.45) is 11.6 Å². The standard InChI is InChI=1S/C6H11N.H3NO/c1-3-5-6(7)4-2;1-2/h3-4,6H,1-2,5,7H2;2H,1H2. The van der Waals surface area contributed by atoms with Crippen LogP contribution in [0.3, 0.4) is 0 Å². The maximum atomic E-state index is 6.50. The van der Waals surface area contributed by atoms with Crippen LogP contribution in [-0.4, -0.2) is 11.2 Å². The summed E-state index contributed by atoms with van der Waals surface area (Å²) in [6, 6.07) is 0.0949. The van der Waals surface area contributed by atoms with Crippen LogP contribution in [-0.2, 0) is 0 Å². The summed E-state index contributed by atoms with van der Waals surface area (Å²) in [5.74, 6) is 3.50. The van der Waals surface area contributed by atoms with Gasteiger partial charge in [0.1, 0.15) is 0 Å². The monoisotopic (exact) mass is 130 g/mol. The molecule has 0 bridgehead atoms. The maximum absolute atomic E-state index is 6.50. The smallest absolute Gasteiger partial charge is 0.0256 e. The van der Waals surface area contributed by atoms with Crippen LogP contribution in [0.25, 0.3) is 0 Å². The molecule has 0 aliphatic heterocycles. The summed E-state index contributed by atoms with van der Waals surface area (Å²) >= 11 is 0. The normalized spacial score (nSPS) is 10.6. The predicted octanol–water partition coefficient (Wildman–Crippen LogP) is 0.410. The molecule has 0 aromatic carbocycles. The molecule has 1 unspecified atom stereocenters. The van der Waals surface area contributed by atoms with Gasteiger partial charge in [0, 0.05) is 6.04 Å². The Morgan fingerprint density at radius 3 is 2.00 bits per heavy atom. The third-order valence-corrected chi connectivity index (χ3v) is 0.742. The van der Waals surface area contributed by atoms with Gasteiger partial charge >= 0.3 is 0 Å². The molecule has 3 heteroatoms. The molecule has 1 atom stereocenters. The van der Waals surface area contributed by atoms with Gasteiger partial charge in [-0.25, -0.2) is 5.90 Å². The van der Waals surface area contributed by atoms with Gasteiger partial charge in [0.15, 0.2) is 0 Å². The van der Waals surface area contributed by atoms with Gasteiger partial charge in [0.05, 0.1) is 0 Å². The minimum absolute atomic E-state index is 0.0949. The Hall–Kier alpha value is -0.640. The number of rotatable bonds is 3. The summed E-state index contributed by atoms with van der Waals surface area (Å²) in [4.78, 5) is 0. The molecular formula is C6H14N2O.